The minimum absolute atomic E-state index is 0.0456. The zero-order valence-electron chi connectivity index (χ0n) is 27.5. The van der Waals surface area contributed by atoms with Crippen LogP contribution in [0.15, 0.2) is 11.6 Å². The van der Waals surface area contributed by atoms with E-state index >= 15 is 0 Å². The summed E-state index contributed by atoms with van der Waals surface area (Å²) >= 11 is 0. The van der Waals surface area contributed by atoms with Gasteiger partial charge >= 0.3 is 5.97 Å². The van der Waals surface area contributed by atoms with Crippen LogP contribution >= 0.6 is 0 Å². The van der Waals surface area contributed by atoms with E-state index in [1.807, 2.05) is 32.3 Å². The van der Waals surface area contributed by atoms with Crippen molar-refractivity contribution in [2.24, 2.45) is 35.3 Å². The van der Waals surface area contributed by atoms with E-state index in [0.717, 1.165) is 51.6 Å². The molecule has 0 radical (unpaired) electrons. The number of carbonyl (C=O) groups is 2. The van der Waals surface area contributed by atoms with Gasteiger partial charge in [0.05, 0.1) is 63.2 Å². The van der Waals surface area contributed by atoms with Crippen molar-refractivity contribution < 1.29 is 49.8 Å². The Morgan fingerprint density at radius 2 is 2.00 bits per heavy atom. The van der Waals surface area contributed by atoms with Crippen molar-refractivity contribution in [3.05, 3.63) is 11.6 Å². The molecule has 0 amide bonds. The maximum absolute atomic E-state index is 13.5. The van der Waals surface area contributed by atoms with Gasteiger partial charge in [0.2, 0.25) is 0 Å². The second-order valence-electron chi connectivity index (χ2n) is 14.8. The lowest BCUT2D eigenvalue weighted by Gasteiger charge is -2.59. The maximum atomic E-state index is 13.5. The summed E-state index contributed by atoms with van der Waals surface area (Å²) in [5.41, 5.74) is 5.94. The molecule has 5 aliphatic rings. The highest BCUT2D eigenvalue weighted by Gasteiger charge is 2.62. The summed E-state index contributed by atoms with van der Waals surface area (Å²) < 4.78 is 20.0. The van der Waals surface area contributed by atoms with Gasteiger partial charge in [-0.2, -0.15) is 0 Å². The molecule has 0 bridgehead atoms. The largest absolute Gasteiger partial charge is 0.456 e. The molecule has 0 aromatic heterocycles. The minimum Gasteiger partial charge on any atom is -0.456 e. The lowest BCUT2D eigenvalue weighted by atomic mass is 9.58. The number of piperidine rings is 1. The summed E-state index contributed by atoms with van der Waals surface area (Å²) in [5.74, 6) is -1.34. The van der Waals surface area contributed by atoms with Crippen LogP contribution in [-0.2, 0) is 23.8 Å². The van der Waals surface area contributed by atoms with E-state index < -0.39 is 54.1 Å². The second kappa shape index (κ2) is 15.2. The van der Waals surface area contributed by atoms with Crippen LogP contribution in [0.3, 0.4) is 0 Å². The van der Waals surface area contributed by atoms with Crippen molar-refractivity contribution in [2.45, 2.75) is 133 Å². The lowest BCUT2D eigenvalue weighted by Crippen LogP contribution is -2.95. The molecular weight excluding hydrogens is 578 g/mol. The van der Waals surface area contributed by atoms with Gasteiger partial charge in [0, 0.05) is 42.6 Å². The molecule has 3 aliphatic heterocycles. The number of Topliss-reactive ketones (excluding diaryl/α,β-unsaturated/α-hetero) is 1. The quantitative estimate of drug-likeness (QED) is 0.136. The average molecular weight is 638 g/mol. The fraction of sp³-hybridized carbons (Fsp3) is 0.882. The van der Waals surface area contributed by atoms with Crippen LogP contribution in [0.25, 0.3) is 0 Å². The normalized spacial score (nSPS) is 44.2. The smallest absolute Gasteiger partial charge is 0.334 e. The Morgan fingerprint density at radius 3 is 2.67 bits per heavy atom. The Hall–Kier alpha value is -1.44. The van der Waals surface area contributed by atoms with Crippen LogP contribution in [0.5, 0.6) is 0 Å². The fourth-order valence-electron chi connectivity index (χ4n) is 9.11. The van der Waals surface area contributed by atoms with Crippen molar-refractivity contribution in [3.8, 4) is 0 Å². The third kappa shape index (κ3) is 7.67. The van der Waals surface area contributed by atoms with Gasteiger partial charge in [0.1, 0.15) is 23.7 Å². The number of aliphatic hydroxyl groups excluding tert-OH is 3. The number of esters is 1. The van der Waals surface area contributed by atoms with Gasteiger partial charge in [-0.3, -0.25) is 10.5 Å². The molecule has 2 saturated carbocycles. The van der Waals surface area contributed by atoms with Gasteiger partial charge in [-0.15, -0.1) is 0 Å². The summed E-state index contributed by atoms with van der Waals surface area (Å²) in [7, 11) is 1.97. The summed E-state index contributed by atoms with van der Waals surface area (Å²) in [5, 5.41) is 36.8. The van der Waals surface area contributed by atoms with E-state index in [2.05, 4.69) is 5.32 Å². The number of ketones is 1. The number of quaternary nitrogens is 2. The Balaban J connectivity index is 1.47. The number of nitrogens with two attached hydrogens (primary N) is 3. The number of carbonyl (C=O) groups excluding carboxylic acids is 2. The number of aliphatic hydroxyl groups is 3. The van der Waals surface area contributed by atoms with E-state index in [1.54, 1.807) is 0 Å². The van der Waals surface area contributed by atoms with Gasteiger partial charge in [-0.1, -0.05) is 12.5 Å². The van der Waals surface area contributed by atoms with Crippen LogP contribution in [0, 0.1) is 29.6 Å². The molecule has 13 unspecified atom stereocenters. The zero-order chi connectivity index (χ0) is 32.3. The van der Waals surface area contributed by atoms with Crippen molar-refractivity contribution in [2.75, 3.05) is 26.7 Å². The third-order valence-corrected chi connectivity index (χ3v) is 11.8. The van der Waals surface area contributed by atoms with Crippen molar-refractivity contribution in [1.29, 1.82) is 0 Å². The summed E-state index contributed by atoms with van der Waals surface area (Å²) in [4.78, 5) is 27.1. The van der Waals surface area contributed by atoms with E-state index in [-0.39, 0.29) is 42.8 Å². The lowest BCUT2D eigenvalue weighted by molar-refractivity contribution is -0.703. The zero-order valence-corrected chi connectivity index (χ0v) is 27.5. The Kier molecular flexibility index (Phi) is 11.8. The Morgan fingerprint density at radius 1 is 1.20 bits per heavy atom. The van der Waals surface area contributed by atoms with E-state index in [4.69, 9.17) is 19.9 Å². The van der Waals surface area contributed by atoms with Crippen molar-refractivity contribution in [3.63, 3.8) is 0 Å². The highest BCUT2D eigenvalue weighted by molar-refractivity contribution is 5.88. The Bertz CT molecular complexity index is 1050. The van der Waals surface area contributed by atoms with Gasteiger partial charge in [-0.05, 0) is 64.7 Å². The number of hydrogen-bond acceptors (Lipinski definition) is 9. The molecule has 2 aliphatic carbocycles. The summed E-state index contributed by atoms with van der Waals surface area (Å²) in [6.45, 7) is 5.36. The molecule has 3 heterocycles. The first-order valence-corrected chi connectivity index (χ1v) is 17.6. The highest BCUT2D eigenvalue weighted by atomic mass is 16.6. The van der Waals surface area contributed by atoms with Gasteiger partial charge in [-0.25, -0.2) is 4.79 Å². The van der Waals surface area contributed by atoms with E-state index in [1.165, 1.54) is 0 Å². The maximum Gasteiger partial charge on any atom is 0.334 e. The molecule has 256 valence electrons. The molecule has 5 rings (SSSR count). The predicted molar refractivity (Wildman–Crippen MR) is 165 cm³/mol. The molecule has 0 aromatic rings. The summed E-state index contributed by atoms with van der Waals surface area (Å²) in [6.07, 6.45) is 5.95. The molecule has 0 aromatic carbocycles. The topological polar surface area (TPSA) is 182 Å². The minimum atomic E-state index is -1.02. The van der Waals surface area contributed by atoms with Gasteiger partial charge in [0.25, 0.3) is 0 Å². The molecular formula is C34H59N3O8+2. The van der Waals surface area contributed by atoms with Crippen LogP contribution < -0.4 is 16.4 Å². The van der Waals surface area contributed by atoms with Crippen LogP contribution in [0.2, 0.25) is 0 Å². The first-order chi connectivity index (χ1) is 21.6. The Labute approximate surface area is 268 Å². The highest BCUT2D eigenvalue weighted by Crippen LogP contribution is 2.53. The third-order valence-electron chi connectivity index (χ3n) is 11.8. The van der Waals surface area contributed by atoms with Gasteiger partial charge in [0.15, 0.2) is 0 Å². The number of hydrogen-bond donors (Lipinski definition) is 6. The SMILES string of the molecule is CC=C(CC[NH2+]C)C(=O)OC1CC2C(O)C3C(=O)CC(CO)OC3C(C3CCCC(O)C3)C2OC1(C)CCC1CCC(N)[NH2+]C1. The van der Waals surface area contributed by atoms with Crippen LogP contribution in [-0.4, -0.2) is 102 Å². The number of rotatable bonds is 10. The summed E-state index contributed by atoms with van der Waals surface area (Å²) in [6, 6.07) is 0. The molecule has 0 spiro atoms. The predicted octanol–water partition coefficient (Wildman–Crippen LogP) is -0.493. The molecule has 11 nitrogen and oxygen atoms in total. The van der Waals surface area contributed by atoms with Crippen molar-refractivity contribution >= 4 is 11.8 Å². The molecule has 9 N–H and O–H groups in total. The fourth-order valence-corrected chi connectivity index (χ4v) is 9.11. The first kappa shape index (κ1) is 34.9. The molecule has 5 fully saturated rings. The average Bonchev–Trinajstić information content (AvgIpc) is 3.02. The molecule has 13 atom stereocenters. The van der Waals surface area contributed by atoms with Crippen LogP contribution in [0.1, 0.15) is 84.5 Å². The molecule has 11 heteroatoms. The number of ether oxygens (including phenoxy) is 3. The molecule has 3 saturated heterocycles. The molecule has 45 heavy (non-hydrogen) atoms. The monoisotopic (exact) mass is 637 g/mol. The first-order valence-electron chi connectivity index (χ1n) is 17.6. The van der Waals surface area contributed by atoms with Crippen molar-refractivity contribution in [1.82, 2.24) is 0 Å². The standard InChI is InChI=1S/C34H57N3O8/c1-4-20(11-13-36-3)33(42)44-26-16-24-30(41)29-25(40)15-23(18-38)43-32(29)28(21-6-5-7-22(39)14-21)31(24)45-34(26,2)12-10-19-8-9-27(35)37-17-19/h4,19,21-24,26-32,36-39,41H,5-18,35H2,1-3H3/p+2. The van der Waals surface area contributed by atoms with Gasteiger partial charge < -0.3 is 40.2 Å². The number of allylic oxidation sites excluding steroid dienone is 1. The van der Waals surface area contributed by atoms with E-state index in [9.17, 15) is 24.9 Å². The second-order valence-corrected chi connectivity index (χ2v) is 14.8. The van der Waals surface area contributed by atoms with Crippen LogP contribution in [0.4, 0.5) is 0 Å². The number of fused-ring (bicyclic) bond motifs is 2. The van der Waals surface area contributed by atoms with E-state index in [0.29, 0.717) is 37.2 Å².